The molecule has 0 atom stereocenters. The van der Waals surface area contributed by atoms with Crippen LogP contribution in [-0.4, -0.2) is 57.7 Å². The maximum atomic E-state index is 12.6. The molecule has 2 aromatic heterocycles. The Morgan fingerprint density at radius 3 is 2.57 bits per heavy atom. The van der Waals surface area contributed by atoms with Crippen molar-refractivity contribution in [1.29, 1.82) is 0 Å². The number of quaternary nitrogens is 1. The molecule has 6 nitrogen and oxygen atoms in total. The van der Waals surface area contributed by atoms with Gasteiger partial charge in [0.1, 0.15) is 11.6 Å². The van der Waals surface area contributed by atoms with Gasteiger partial charge in [0.15, 0.2) is 5.16 Å². The first-order valence-corrected chi connectivity index (χ1v) is 11.3. The van der Waals surface area contributed by atoms with Crippen LogP contribution in [0.15, 0.2) is 35.5 Å². The highest BCUT2D eigenvalue weighted by Gasteiger charge is 2.24. The van der Waals surface area contributed by atoms with E-state index in [9.17, 15) is 4.79 Å². The Hall–Kier alpha value is -2.03. The van der Waals surface area contributed by atoms with E-state index in [0.29, 0.717) is 10.9 Å². The number of nitrogens with zero attached hydrogens (tertiary/aromatic N) is 4. The number of para-hydroxylation sites is 1. The van der Waals surface area contributed by atoms with Gasteiger partial charge in [-0.1, -0.05) is 23.9 Å². The normalized spacial score (nSPS) is 15.3. The van der Waals surface area contributed by atoms with Crippen LogP contribution in [0.5, 0.6) is 0 Å². The van der Waals surface area contributed by atoms with Crippen LogP contribution in [-0.2, 0) is 11.3 Å². The lowest BCUT2D eigenvalue weighted by atomic mass is 10.3. The molecule has 3 aromatic rings. The third-order valence-corrected chi connectivity index (χ3v) is 6.72. The fourth-order valence-electron chi connectivity index (χ4n) is 3.43. The van der Waals surface area contributed by atoms with Crippen molar-refractivity contribution >= 4 is 39.2 Å². The zero-order valence-electron chi connectivity index (χ0n) is 16.1. The van der Waals surface area contributed by atoms with Crippen LogP contribution < -0.4 is 4.90 Å². The number of thiazole rings is 1. The molecule has 8 heteroatoms. The fourth-order valence-corrected chi connectivity index (χ4v) is 5.33. The second-order valence-corrected chi connectivity index (χ2v) is 9.16. The summed E-state index contributed by atoms with van der Waals surface area (Å²) in [7, 11) is 0. The van der Waals surface area contributed by atoms with E-state index in [-0.39, 0.29) is 5.91 Å². The number of rotatable bonds is 5. The van der Waals surface area contributed by atoms with Crippen molar-refractivity contribution in [1.82, 2.24) is 19.9 Å². The molecule has 4 rings (SSSR count). The number of aromatic nitrogens is 3. The number of aryl methyl sites for hydroxylation is 2. The van der Waals surface area contributed by atoms with E-state index in [4.69, 9.17) is 4.98 Å². The Bertz CT molecular complexity index is 928. The van der Waals surface area contributed by atoms with Gasteiger partial charge in [0.2, 0.25) is 5.91 Å². The summed E-state index contributed by atoms with van der Waals surface area (Å²) in [6.07, 6.45) is 0. The number of carbonyl (C=O) groups is 1. The van der Waals surface area contributed by atoms with Crippen LogP contribution in [0.1, 0.15) is 16.4 Å². The molecule has 1 saturated heterocycles. The van der Waals surface area contributed by atoms with Crippen molar-refractivity contribution in [3.8, 4) is 0 Å². The van der Waals surface area contributed by atoms with Crippen LogP contribution in [0.3, 0.4) is 0 Å². The van der Waals surface area contributed by atoms with Gasteiger partial charge < -0.3 is 9.80 Å². The predicted molar refractivity (Wildman–Crippen MR) is 113 cm³/mol. The molecule has 0 spiro atoms. The monoisotopic (exact) mass is 414 g/mol. The van der Waals surface area contributed by atoms with Gasteiger partial charge in [-0.3, -0.25) is 4.79 Å². The van der Waals surface area contributed by atoms with E-state index < -0.39 is 0 Å². The van der Waals surface area contributed by atoms with Crippen LogP contribution in [0, 0.1) is 13.8 Å². The van der Waals surface area contributed by atoms with E-state index in [1.165, 1.54) is 26.4 Å². The summed E-state index contributed by atoms with van der Waals surface area (Å²) < 4.78 is 1.25. The van der Waals surface area contributed by atoms with Gasteiger partial charge in [0, 0.05) is 11.4 Å². The maximum Gasteiger partial charge on any atom is 0.233 e. The van der Waals surface area contributed by atoms with Gasteiger partial charge in [-0.15, -0.1) is 11.3 Å². The second-order valence-electron chi connectivity index (χ2n) is 7.10. The summed E-state index contributed by atoms with van der Waals surface area (Å²) in [5, 5.41) is 1.87. The summed E-state index contributed by atoms with van der Waals surface area (Å²) in [5.74, 6) is 0.572. The van der Waals surface area contributed by atoms with Gasteiger partial charge in [0.05, 0.1) is 42.1 Å². The first-order chi connectivity index (χ1) is 13.6. The number of piperazine rings is 1. The lowest BCUT2D eigenvalue weighted by Gasteiger charge is -2.31. The van der Waals surface area contributed by atoms with Crippen molar-refractivity contribution in [3.05, 3.63) is 46.7 Å². The quantitative estimate of drug-likeness (QED) is 0.509. The molecule has 0 saturated carbocycles. The van der Waals surface area contributed by atoms with Crippen LogP contribution in [0.4, 0.5) is 0 Å². The van der Waals surface area contributed by atoms with Crippen molar-refractivity contribution in [2.45, 2.75) is 25.5 Å². The van der Waals surface area contributed by atoms with Gasteiger partial charge in [-0.2, -0.15) is 0 Å². The Morgan fingerprint density at radius 1 is 1.14 bits per heavy atom. The first-order valence-electron chi connectivity index (χ1n) is 9.48. The molecule has 146 valence electrons. The molecule has 1 amide bonds. The highest BCUT2D eigenvalue weighted by atomic mass is 32.2. The van der Waals surface area contributed by atoms with E-state index in [2.05, 4.69) is 28.2 Å². The van der Waals surface area contributed by atoms with Crippen LogP contribution >= 0.6 is 23.1 Å². The van der Waals surface area contributed by atoms with Gasteiger partial charge >= 0.3 is 0 Å². The van der Waals surface area contributed by atoms with Crippen LogP contribution in [0.2, 0.25) is 0 Å². The number of hydrogen-bond donors (Lipinski definition) is 1. The van der Waals surface area contributed by atoms with Crippen molar-refractivity contribution in [3.63, 3.8) is 0 Å². The van der Waals surface area contributed by atoms with E-state index in [1.807, 2.05) is 30.9 Å². The smallest absolute Gasteiger partial charge is 0.233 e. The van der Waals surface area contributed by atoms with Crippen LogP contribution in [0.25, 0.3) is 10.2 Å². The third-order valence-electron chi connectivity index (χ3n) is 4.85. The molecule has 0 aliphatic carbocycles. The van der Waals surface area contributed by atoms with E-state index in [1.54, 1.807) is 11.3 Å². The number of hydrogen-bond acceptors (Lipinski definition) is 6. The molecule has 1 N–H and O–H groups in total. The highest BCUT2D eigenvalue weighted by molar-refractivity contribution is 7.99. The molecule has 0 unspecified atom stereocenters. The lowest BCUT2D eigenvalue weighted by Crippen LogP contribution is -3.13. The standard InChI is InChI=1S/C20H23N5OS2/c1-14-11-15(2)22-20(21-14)27-13-19(26)25-9-7-24(8-10-25)12-18-23-16-5-3-4-6-17(16)28-18/h3-6,11H,7-10,12-13H2,1-2H3/p+1. The van der Waals surface area contributed by atoms with Crippen molar-refractivity contribution in [2.75, 3.05) is 31.9 Å². The number of thioether (sulfide) groups is 1. The highest BCUT2D eigenvalue weighted by Crippen LogP contribution is 2.21. The average Bonchev–Trinajstić information content (AvgIpc) is 3.08. The van der Waals surface area contributed by atoms with Crippen molar-refractivity contribution < 1.29 is 9.69 Å². The molecule has 1 aliphatic rings. The molecular formula is C20H24N5OS2+. The van der Waals surface area contributed by atoms with Gasteiger partial charge in [0.25, 0.3) is 0 Å². The van der Waals surface area contributed by atoms with Gasteiger partial charge in [-0.25, -0.2) is 15.0 Å². The minimum absolute atomic E-state index is 0.173. The molecule has 0 bridgehead atoms. The number of amides is 1. The summed E-state index contributed by atoms with van der Waals surface area (Å²) in [4.78, 5) is 29.6. The third kappa shape index (κ3) is 4.68. The minimum atomic E-state index is 0.173. The zero-order valence-corrected chi connectivity index (χ0v) is 17.8. The summed E-state index contributed by atoms with van der Waals surface area (Å²) in [6.45, 7) is 8.37. The second kappa shape index (κ2) is 8.55. The largest absolute Gasteiger partial charge is 0.331 e. The van der Waals surface area contributed by atoms with E-state index >= 15 is 0 Å². The minimum Gasteiger partial charge on any atom is -0.331 e. The van der Waals surface area contributed by atoms with Crippen molar-refractivity contribution in [2.24, 2.45) is 0 Å². The molecule has 1 aromatic carbocycles. The van der Waals surface area contributed by atoms with Gasteiger partial charge in [-0.05, 0) is 32.0 Å². The van der Waals surface area contributed by atoms with E-state index in [0.717, 1.165) is 49.6 Å². The molecule has 28 heavy (non-hydrogen) atoms. The molecule has 0 radical (unpaired) electrons. The Kier molecular flexibility index (Phi) is 5.89. The summed E-state index contributed by atoms with van der Waals surface area (Å²) in [6, 6.07) is 10.2. The Balaban J connectivity index is 1.26. The zero-order chi connectivity index (χ0) is 19.5. The SMILES string of the molecule is Cc1cc(C)nc(SCC(=O)N2CC[NH+](Cc3nc4ccccc4s3)CC2)n1. The fraction of sp³-hybridized carbons (Fsp3) is 0.400. The number of carbonyl (C=O) groups excluding carboxylic acids is 1. The topological polar surface area (TPSA) is 63.4 Å². The predicted octanol–water partition coefficient (Wildman–Crippen LogP) is 1.72. The molecule has 1 aliphatic heterocycles. The number of benzene rings is 1. The Morgan fingerprint density at radius 2 is 1.86 bits per heavy atom. The average molecular weight is 415 g/mol. The summed E-state index contributed by atoms with van der Waals surface area (Å²) in [5.41, 5.74) is 2.96. The molecular weight excluding hydrogens is 390 g/mol. The molecule has 1 fully saturated rings. The number of nitrogens with one attached hydrogen (secondary N) is 1. The summed E-state index contributed by atoms with van der Waals surface area (Å²) >= 11 is 3.20. The number of fused-ring (bicyclic) bond motifs is 1. The first kappa shape index (κ1) is 19.3. The lowest BCUT2D eigenvalue weighted by molar-refractivity contribution is -0.917. The molecule has 3 heterocycles. The maximum absolute atomic E-state index is 12.6. The Labute approximate surface area is 173 Å².